The average molecular weight is 338 g/mol. The van der Waals surface area contributed by atoms with Gasteiger partial charge in [-0.1, -0.05) is 27.7 Å². The number of carbonyl (C=O) groups is 4. The van der Waals surface area contributed by atoms with E-state index in [1.54, 1.807) is 27.7 Å². The van der Waals surface area contributed by atoms with Gasteiger partial charge < -0.3 is 22.9 Å². The Balaban J connectivity index is 2.52. The van der Waals surface area contributed by atoms with Crippen molar-refractivity contribution in [1.29, 1.82) is 0 Å². The zero-order valence-electron chi connectivity index (χ0n) is 14.0. The maximum Gasteiger partial charge on any atom is 0.248 e. The lowest BCUT2D eigenvalue weighted by atomic mass is 10.0. The molecule has 2 aliphatic carbocycles. The Morgan fingerprint density at radius 1 is 0.667 bits per heavy atom. The van der Waals surface area contributed by atoms with E-state index in [9.17, 15) is 19.2 Å². The molecule has 132 valence electrons. The van der Waals surface area contributed by atoms with Crippen LogP contribution in [0.2, 0.25) is 0 Å². The summed E-state index contributed by atoms with van der Waals surface area (Å²) in [7, 11) is 0. The Hall–Kier alpha value is -2.52. The van der Waals surface area contributed by atoms with E-state index in [2.05, 4.69) is 10.2 Å². The molecule has 2 aliphatic rings. The molecule has 10 nitrogen and oxygen atoms in total. The molecule has 4 unspecified atom stereocenters. The molecule has 0 aromatic carbocycles. The van der Waals surface area contributed by atoms with Gasteiger partial charge in [-0.3, -0.25) is 19.2 Å². The number of nitrogens with zero attached hydrogens (tertiary/aromatic N) is 2. The second-order valence-electron chi connectivity index (χ2n) is 7.58. The molecule has 2 saturated carbocycles. The predicted octanol–water partition coefficient (Wildman–Crippen LogP) is -1.83. The first kappa shape index (κ1) is 17.8. The maximum absolute atomic E-state index is 12.0. The van der Waals surface area contributed by atoms with Gasteiger partial charge in [-0.05, 0) is 0 Å². The van der Waals surface area contributed by atoms with Gasteiger partial charge in [0, 0.05) is 10.8 Å². The van der Waals surface area contributed by atoms with Crippen molar-refractivity contribution >= 4 is 23.6 Å². The second-order valence-corrected chi connectivity index (χ2v) is 7.58. The van der Waals surface area contributed by atoms with Gasteiger partial charge in [0.25, 0.3) is 0 Å². The van der Waals surface area contributed by atoms with Gasteiger partial charge in [0.2, 0.25) is 23.6 Å². The Morgan fingerprint density at radius 3 is 1.04 bits per heavy atom. The number of hydrogen-bond donors (Lipinski definition) is 4. The summed E-state index contributed by atoms with van der Waals surface area (Å²) in [5.74, 6) is -5.24. The summed E-state index contributed by atoms with van der Waals surface area (Å²) in [6, 6.07) is 0. The number of azo groups is 1. The van der Waals surface area contributed by atoms with E-state index in [-0.39, 0.29) is 0 Å². The average Bonchev–Trinajstić information content (AvgIpc) is 3.10. The molecule has 2 rings (SSSR count). The minimum absolute atomic E-state index is 0.757. The lowest BCUT2D eigenvalue weighted by molar-refractivity contribution is -0.125. The van der Waals surface area contributed by atoms with E-state index in [0.717, 1.165) is 0 Å². The van der Waals surface area contributed by atoms with Gasteiger partial charge >= 0.3 is 0 Å². The van der Waals surface area contributed by atoms with Crippen LogP contribution in [0.3, 0.4) is 0 Å². The third kappa shape index (κ3) is 1.70. The second kappa shape index (κ2) is 4.52. The minimum Gasteiger partial charge on any atom is -0.369 e. The molecule has 10 heteroatoms. The van der Waals surface area contributed by atoms with Crippen LogP contribution in [-0.4, -0.2) is 34.7 Å². The first-order valence-electron chi connectivity index (χ1n) is 7.35. The van der Waals surface area contributed by atoms with Gasteiger partial charge in [0.05, 0.1) is 11.8 Å². The monoisotopic (exact) mass is 338 g/mol. The van der Waals surface area contributed by atoms with Crippen LogP contribution in [0.4, 0.5) is 0 Å². The smallest absolute Gasteiger partial charge is 0.248 e. The van der Waals surface area contributed by atoms with Crippen molar-refractivity contribution < 1.29 is 19.2 Å². The summed E-state index contributed by atoms with van der Waals surface area (Å²) in [6.45, 7) is 6.36. The molecule has 0 spiro atoms. The van der Waals surface area contributed by atoms with Crippen molar-refractivity contribution in [2.75, 3.05) is 0 Å². The van der Waals surface area contributed by atoms with Crippen LogP contribution >= 0.6 is 0 Å². The molecule has 0 aromatic heterocycles. The number of amides is 4. The summed E-state index contributed by atoms with van der Waals surface area (Å²) in [4.78, 5) is 47.1. The molecule has 0 heterocycles. The molecule has 4 atom stereocenters. The van der Waals surface area contributed by atoms with Crippen LogP contribution in [0.5, 0.6) is 0 Å². The molecule has 0 bridgehead atoms. The highest BCUT2D eigenvalue weighted by atomic mass is 16.2. The lowest BCUT2D eigenvalue weighted by Crippen LogP contribution is -2.39. The largest absolute Gasteiger partial charge is 0.369 e. The normalized spacial score (nSPS) is 38.5. The van der Waals surface area contributed by atoms with Crippen molar-refractivity contribution in [3.05, 3.63) is 0 Å². The summed E-state index contributed by atoms with van der Waals surface area (Å²) in [5, 5.41) is 7.89. The first-order chi connectivity index (χ1) is 10.7. The van der Waals surface area contributed by atoms with E-state index < -0.39 is 57.4 Å². The fraction of sp³-hybridized carbons (Fsp3) is 0.714. The molecule has 2 fully saturated rings. The fourth-order valence-corrected chi connectivity index (χ4v) is 4.15. The minimum atomic E-state index is -1.68. The Kier molecular flexibility index (Phi) is 3.36. The van der Waals surface area contributed by atoms with Gasteiger partial charge in [0.1, 0.15) is 0 Å². The van der Waals surface area contributed by atoms with Crippen LogP contribution in [0.1, 0.15) is 27.7 Å². The highest BCUT2D eigenvalue weighted by Gasteiger charge is 2.82. The number of primary amides is 4. The molecule has 0 aliphatic heterocycles. The molecular weight excluding hydrogens is 316 g/mol. The van der Waals surface area contributed by atoms with E-state index in [0.29, 0.717) is 0 Å². The third-order valence-corrected chi connectivity index (χ3v) is 5.76. The van der Waals surface area contributed by atoms with E-state index in [1.165, 1.54) is 0 Å². The molecular formula is C14H22N6O4. The third-order valence-electron chi connectivity index (χ3n) is 5.76. The van der Waals surface area contributed by atoms with Crippen molar-refractivity contribution in [1.82, 2.24) is 0 Å². The van der Waals surface area contributed by atoms with Crippen LogP contribution in [0, 0.1) is 22.7 Å². The predicted molar refractivity (Wildman–Crippen MR) is 81.6 cm³/mol. The number of hydrogen-bond acceptors (Lipinski definition) is 6. The molecule has 0 saturated heterocycles. The van der Waals surface area contributed by atoms with Gasteiger partial charge in [-0.25, -0.2) is 0 Å². The van der Waals surface area contributed by atoms with Crippen LogP contribution in [0.25, 0.3) is 0 Å². The molecule has 8 N–H and O–H groups in total. The van der Waals surface area contributed by atoms with E-state index >= 15 is 0 Å². The van der Waals surface area contributed by atoms with Crippen molar-refractivity contribution in [3.63, 3.8) is 0 Å². The molecule has 24 heavy (non-hydrogen) atoms. The zero-order valence-corrected chi connectivity index (χ0v) is 14.0. The van der Waals surface area contributed by atoms with Gasteiger partial charge in [-0.2, -0.15) is 10.2 Å². The van der Waals surface area contributed by atoms with Crippen LogP contribution in [0.15, 0.2) is 10.2 Å². The topological polar surface area (TPSA) is 197 Å². The van der Waals surface area contributed by atoms with Gasteiger partial charge in [0.15, 0.2) is 11.1 Å². The fourth-order valence-electron chi connectivity index (χ4n) is 4.15. The maximum atomic E-state index is 12.0. The highest BCUT2D eigenvalue weighted by molar-refractivity contribution is 6.02. The molecule has 4 amide bonds. The number of nitrogens with two attached hydrogens (primary N) is 4. The van der Waals surface area contributed by atoms with Crippen molar-refractivity contribution in [2.45, 2.75) is 38.8 Å². The van der Waals surface area contributed by atoms with Crippen molar-refractivity contribution in [2.24, 2.45) is 55.8 Å². The molecule has 0 radical (unpaired) electrons. The summed E-state index contributed by atoms with van der Waals surface area (Å²) >= 11 is 0. The van der Waals surface area contributed by atoms with Crippen LogP contribution < -0.4 is 22.9 Å². The van der Waals surface area contributed by atoms with Crippen molar-refractivity contribution in [3.8, 4) is 0 Å². The summed E-state index contributed by atoms with van der Waals surface area (Å²) < 4.78 is 0. The number of rotatable bonds is 6. The van der Waals surface area contributed by atoms with Gasteiger partial charge in [-0.15, -0.1) is 0 Å². The van der Waals surface area contributed by atoms with E-state index in [4.69, 9.17) is 22.9 Å². The number of carbonyl (C=O) groups excluding carboxylic acids is 4. The Morgan fingerprint density at radius 2 is 0.917 bits per heavy atom. The van der Waals surface area contributed by atoms with E-state index in [1.807, 2.05) is 0 Å². The molecule has 0 aromatic rings. The highest BCUT2D eigenvalue weighted by Crippen LogP contribution is 2.67. The quantitative estimate of drug-likeness (QED) is 0.413. The first-order valence-corrected chi connectivity index (χ1v) is 7.35. The Bertz CT molecular complexity index is 641. The summed E-state index contributed by atoms with van der Waals surface area (Å²) in [6.07, 6.45) is 0. The standard InChI is InChI=1S/C14H22N6O4/c1-11(2)5(7(15)21)13(11,9(17)23)19-20-14(10(18)24)6(8(16)22)12(14,3)4/h5-6H,1-4H3,(H2,15,21)(H2,16,22)(H2,17,23)(H2,18,24). The Labute approximate surface area is 138 Å². The van der Waals surface area contributed by atoms with Crippen LogP contribution in [-0.2, 0) is 19.2 Å². The zero-order chi connectivity index (χ0) is 18.9. The lowest BCUT2D eigenvalue weighted by Gasteiger charge is -2.14. The summed E-state index contributed by atoms with van der Waals surface area (Å²) in [5.41, 5.74) is 16.2. The SMILES string of the molecule is CC1(C)C(C(N)=O)C1(N=NC1(C(N)=O)C(C(N)=O)C1(C)C)C(N)=O.